The highest BCUT2D eigenvalue weighted by Crippen LogP contribution is 2.54. The summed E-state index contributed by atoms with van der Waals surface area (Å²) < 4.78 is 22.8. The Balaban J connectivity index is 1.69. The molecule has 0 aromatic carbocycles. The zero-order valence-corrected chi connectivity index (χ0v) is 13.7. The second-order valence-electron chi connectivity index (χ2n) is 7.58. The lowest BCUT2D eigenvalue weighted by Gasteiger charge is -2.28. The minimum absolute atomic E-state index is 0.144. The van der Waals surface area contributed by atoms with Crippen molar-refractivity contribution in [3.63, 3.8) is 0 Å². The Kier molecular flexibility index (Phi) is 3.01. The first-order valence-electron chi connectivity index (χ1n) is 8.16. The highest BCUT2D eigenvalue weighted by molar-refractivity contribution is 5.91. The molecular formula is C17H22O6. The van der Waals surface area contributed by atoms with E-state index in [4.69, 9.17) is 18.9 Å². The summed E-state index contributed by atoms with van der Waals surface area (Å²) in [5.41, 5.74) is -0.270. The van der Waals surface area contributed by atoms with E-state index in [1.807, 2.05) is 13.8 Å². The largest absolute Gasteiger partial charge is 0.462 e. The second kappa shape index (κ2) is 4.57. The number of ether oxygens (including phenoxy) is 4. The molecule has 6 heteroatoms. The maximum atomic E-state index is 12.1. The van der Waals surface area contributed by atoms with Crippen molar-refractivity contribution >= 4 is 11.9 Å². The minimum atomic E-state index is -0.488. The van der Waals surface area contributed by atoms with Gasteiger partial charge in [-0.05, 0) is 26.7 Å². The summed E-state index contributed by atoms with van der Waals surface area (Å²) in [6, 6.07) is 0. The number of fused-ring (bicyclic) bond motifs is 4. The number of hydrogen-bond acceptors (Lipinski definition) is 6. The van der Waals surface area contributed by atoms with E-state index < -0.39 is 18.2 Å². The molecule has 0 aromatic rings. The highest BCUT2D eigenvalue weighted by atomic mass is 16.7. The number of epoxide rings is 2. The highest BCUT2D eigenvalue weighted by Gasteiger charge is 2.66. The molecule has 0 bridgehead atoms. The SMILES string of the molecule is C=C1C(=O)O[C@@H]2[C@@H]1[C@@H](OC(C)=O)C[C@]1(C)O[C@H]1CC[C@]1(C)O[C@H]21. The van der Waals surface area contributed by atoms with Gasteiger partial charge in [-0.25, -0.2) is 4.79 Å². The first-order valence-corrected chi connectivity index (χ1v) is 8.16. The molecule has 4 fully saturated rings. The third-order valence-corrected chi connectivity index (χ3v) is 5.76. The normalized spacial score (nSPS) is 51.0. The number of esters is 2. The van der Waals surface area contributed by atoms with Crippen LogP contribution in [-0.2, 0) is 28.5 Å². The molecule has 23 heavy (non-hydrogen) atoms. The van der Waals surface area contributed by atoms with Crippen LogP contribution < -0.4 is 0 Å². The van der Waals surface area contributed by atoms with Gasteiger partial charge in [0.25, 0.3) is 0 Å². The van der Waals surface area contributed by atoms with Gasteiger partial charge in [0.05, 0.1) is 23.2 Å². The van der Waals surface area contributed by atoms with Crippen molar-refractivity contribution in [1.82, 2.24) is 0 Å². The van der Waals surface area contributed by atoms with E-state index >= 15 is 0 Å². The third-order valence-electron chi connectivity index (χ3n) is 5.76. The molecule has 1 saturated carbocycles. The molecule has 3 aliphatic heterocycles. The smallest absolute Gasteiger partial charge is 0.334 e. The van der Waals surface area contributed by atoms with Crippen molar-refractivity contribution in [1.29, 1.82) is 0 Å². The molecule has 0 spiro atoms. The zero-order chi connectivity index (χ0) is 16.6. The molecule has 0 amide bonds. The summed E-state index contributed by atoms with van der Waals surface area (Å²) in [5.74, 6) is -1.18. The van der Waals surface area contributed by atoms with Gasteiger partial charge in [0.1, 0.15) is 18.3 Å². The van der Waals surface area contributed by atoms with Gasteiger partial charge in [0.2, 0.25) is 0 Å². The average Bonchev–Trinajstić information content (AvgIpc) is 3.27. The lowest BCUT2D eigenvalue weighted by molar-refractivity contribution is -0.151. The van der Waals surface area contributed by atoms with Crippen LogP contribution in [0.15, 0.2) is 12.2 Å². The van der Waals surface area contributed by atoms with Crippen molar-refractivity contribution in [2.24, 2.45) is 5.92 Å². The Morgan fingerprint density at radius 3 is 2.74 bits per heavy atom. The number of rotatable bonds is 1. The van der Waals surface area contributed by atoms with Gasteiger partial charge in [0, 0.05) is 18.9 Å². The predicted molar refractivity (Wildman–Crippen MR) is 78.5 cm³/mol. The van der Waals surface area contributed by atoms with Gasteiger partial charge in [0.15, 0.2) is 0 Å². The molecule has 0 N–H and O–H groups in total. The topological polar surface area (TPSA) is 77.7 Å². The first kappa shape index (κ1) is 15.1. The second-order valence-corrected chi connectivity index (χ2v) is 7.58. The fraction of sp³-hybridized carbons (Fsp3) is 0.765. The van der Waals surface area contributed by atoms with Crippen LogP contribution in [0.1, 0.15) is 40.0 Å². The Hall–Kier alpha value is -1.40. The van der Waals surface area contributed by atoms with Crippen LogP contribution >= 0.6 is 0 Å². The minimum Gasteiger partial charge on any atom is -0.462 e. The summed E-state index contributed by atoms with van der Waals surface area (Å²) in [5, 5.41) is 0. The molecule has 0 radical (unpaired) electrons. The monoisotopic (exact) mass is 322 g/mol. The van der Waals surface area contributed by atoms with E-state index in [1.165, 1.54) is 6.92 Å². The van der Waals surface area contributed by atoms with Crippen molar-refractivity contribution in [2.45, 2.75) is 75.7 Å². The standard InChI is InChI=1S/C17H22O6/c1-8-12-10(20-9(2)18)7-17(4)11(22-17)5-6-16(3)14(23-16)13(12)21-15(8)19/h10-14H,1,5-7H2,2-4H3/t10-,11-,12-,13+,14+,16-,17-/m0/s1. The summed E-state index contributed by atoms with van der Waals surface area (Å²) in [6.07, 6.45) is 1.34. The van der Waals surface area contributed by atoms with Crippen molar-refractivity contribution < 1.29 is 28.5 Å². The Morgan fingerprint density at radius 2 is 2.04 bits per heavy atom. The summed E-state index contributed by atoms with van der Waals surface area (Å²) in [7, 11) is 0. The van der Waals surface area contributed by atoms with Gasteiger partial charge in [-0.15, -0.1) is 0 Å². The lowest BCUT2D eigenvalue weighted by atomic mass is 9.79. The molecule has 3 saturated heterocycles. The van der Waals surface area contributed by atoms with Crippen LogP contribution in [0, 0.1) is 5.92 Å². The molecule has 6 nitrogen and oxygen atoms in total. The molecule has 4 rings (SSSR count). The van der Waals surface area contributed by atoms with E-state index in [-0.39, 0.29) is 35.3 Å². The molecule has 4 aliphatic rings. The van der Waals surface area contributed by atoms with Crippen LogP contribution in [-0.4, -0.2) is 47.6 Å². The molecule has 0 unspecified atom stereocenters. The van der Waals surface area contributed by atoms with Gasteiger partial charge < -0.3 is 18.9 Å². The Bertz CT molecular complexity index is 600. The van der Waals surface area contributed by atoms with E-state index in [2.05, 4.69) is 6.58 Å². The molecule has 126 valence electrons. The third kappa shape index (κ3) is 2.31. The summed E-state index contributed by atoms with van der Waals surface area (Å²) in [4.78, 5) is 23.6. The van der Waals surface area contributed by atoms with Gasteiger partial charge >= 0.3 is 11.9 Å². The lowest BCUT2D eigenvalue weighted by Crippen LogP contribution is -2.40. The summed E-state index contributed by atoms with van der Waals surface area (Å²) >= 11 is 0. The Labute approximate surface area is 135 Å². The van der Waals surface area contributed by atoms with E-state index in [9.17, 15) is 9.59 Å². The van der Waals surface area contributed by atoms with Crippen LogP contribution in [0.4, 0.5) is 0 Å². The van der Waals surface area contributed by atoms with E-state index in [0.29, 0.717) is 12.0 Å². The Morgan fingerprint density at radius 1 is 1.30 bits per heavy atom. The van der Waals surface area contributed by atoms with Crippen molar-refractivity contribution in [3.8, 4) is 0 Å². The van der Waals surface area contributed by atoms with Crippen molar-refractivity contribution in [2.75, 3.05) is 0 Å². The molecule has 1 aliphatic carbocycles. The molecule has 0 aromatic heterocycles. The number of hydrogen-bond donors (Lipinski definition) is 0. The van der Waals surface area contributed by atoms with E-state index in [1.54, 1.807) is 0 Å². The maximum absolute atomic E-state index is 12.1. The van der Waals surface area contributed by atoms with Crippen LogP contribution in [0.5, 0.6) is 0 Å². The van der Waals surface area contributed by atoms with Crippen LogP contribution in [0.2, 0.25) is 0 Å². The van der Waals surface area contributed by atoms with E-state index in [0.717, 1.165) is 12.8 Å². The first-order chi connectivity index (χ1) is 10.7. The molecule has 3 heterocycles. The van der Waals surface area contributed by atoms with Gasteiger partial charge in [-0.1, -0.05) is 6.58 Å². The van der Waals surface area contributed by atoms with Gasteiger partial charge in [-0.3, -0.25) is 4.79 Å². The average molecular weight is 322 g/mol. The predicted octanol–water partition coefficient (Wildman–Crippen LogP) is 1.51. The number of carbonyl (C=O) groups excluding carboxylic acids is 2. The maximum Gasteiger partial charge on any atom is 0.334 e. The fourth-order valence-electron chi connectivity index (χ4n) is 4.27. The quantitative estimate of drug-likeness (QED) is 0.414. The van der Waals surface area contributed by atoms with Crippen molar-refractivity contribution in [3.05, 3.63) is 12.2 Å². The molecular weight excluding hydrogens is 300 g/mol. The fourth-order valence-corrected chi connectivity index (χ4v) is 4.27. The van der Waals surface area contributed by atoms with Gasteiger partial charge in [-0.2, -0.15) is 0 Å². The summed E-state index contributed by atoms with van der Waals surface area (Å²) in [6.45, 7) is 9.31. The zero-order valence-electron chi connectivity index (χ0n) is 13.7. The number of carbonyl (C=O) groups is 2. The van der Waals surface area contributed by atoms with Crippen LogP contribution in [0.25, 0.3) is 0 Å². The molecule has 7 atom stereocenters. The van der Waals surface area contributed by atoms with Crippen LogP contribution in [0.3, 0.4) is 0 Å².